The summed E-state index contributed by atoms with van der Waals surface area (Å²) < 4.78 is 0. The van der Waals surface area contributed by atoms with Crippen molar-refractivity contribution in [2.45, 2.75) is 32.1 Å². The van der Waals surface area contributed by atoms with E-state index < -0.39 is 5.97 Å². The molecule has 1 rings (SSSR count). The molecular formula is C8H14O4. The molecule has 2 N–H and O–H groups in total. The lowest BCUT2D eigenvalue weighted by molar-refractivity contribution is -0.142. The minimum absolute atomic E-state index is 0.0289. The number of carboxylic acids is 1. The van der Waals surface area contributed by atoms with Gasteiger partial charge in [-0.15, -0.1) is 0 Å². The highest BCUT2D eigenvalue weighted by molar-refractivity contribution is 5.69. The van der Waals surface area contributed by atoms with Gasteiger partial charge in [-0.1, -0.05) is 19.3 Å². The fourth-order valence-corrected chi connectivity index (χ4v) is 1.35. The molecule has 0 aromatic carbocycles. The Balaban J connectivity index is 0.000000354. The molecule has 0 bridgehead atoms. The van der Waals surface area contributed by atoms with Crippen LogP contribution in [-0.2, 0) is 9.59 Å². The maximum Gasteiger partial charge on any atom is 0.306 e. The molecule has 4 heteroatoms. The number of rotatable bonds is 1. The fourth-order valence-electron chi connectivity index (χ4n) is 1.35. The quantitative estimate of drug-likeness (QED) is 0.588. The highest BCUT2D eigenvalue weighted by Crippen LogP contribution is 2.23. The molecule has 0 atom stereocenters. The topological polar surface area (TPSA) is 74.6 Å². The van der Waals surface area contributed by atoms with E-state index in [-0.39, 0.29) is 12.4 Å². The van der Waals surface area contributed by atoms with Crippen molar-refractivity contribution in [3.8, 4) is 0 Å². The summed E-state index contributed by atoms with van der Waals surface area (Å²) in [5.74, 6) is -0.631. The molecule has 1 saturated carbocycles. The van der Waals surface area contributed by atoms with Crippen LogP contribution in [0.5, 0.6) is 0 Å². The number of hydrogen-bond acceptors (Lipinski definition) is 2. The molecule has 4 nitrogen and oxygen atoms in total. The Kier molecular flexibility index (Phi) is 6.05. The molecule has 0 aromatic heterocycles. The van der Waals surface area contributed by atoms with Crippen LogP contribution in [0.3, 0.4) is 0 Å². The molecule has 0 heterocycles. The van der Waals surface area contributed by atoms with Crippen LogP contribution in [0.25, 0.3) is 0 Å². The summed E-state index contributed by atoms with van der Waals surface area (Å²) in [7, 11) is 0. The molecule has 1 aliphatic carbocycles. The van der Waals surface area contributed by atoms with E-state index in [0.29, 0.717) is 0 Å². The summed E-state index contributed by atoms with van der Waals surface area (Å²) in [5, 5.41) is 15.4. The predicted molar refractivity (Wildman–Crippen MR) is 42.9 cm³/mol. The number of carboxylic acid groups (broad SMARTS) is 2. The Morgan fingerprint density at radius 1 is 1.25 bits per heavy atom. The van der Waals surface area contributed by atoms with E-state index >= 15 is 0 Å². The average molecular weight is 174 g/mol. The van der Waals surface area contributed by atoms with Gasteiger partial charge in [0.05, 0.1) is 5.92 Å². The van der Waals surface area contributed by atoms with E-state index in [0.717, 1.165) is 25.7 Å². The molecule has 1 aliphatic rings. The Hall–Kier alpha value is -1.06. The molecule has 12 heavy (non-hydrogen) atoms. The lowest BCUT2D eigenvalue weighted by Gasteiger charge is -2.16. The molecule has 0 spiro atoms. The first-order valence-corrected chi connectivity index (χ1v) is 4.03. The van der Waals surface area contributed by atoms with Crippen LogP contribution < -0.4 is 0 Å². The molecule has 0 aliphatic heterocycles. The zero-order chi connectivity index (χ0) is 9.40. The molecule has 0 amide bonds. The molecule has 1 fully saturated rings. The van der Waals surface area contributed by atoms with Crippen molar-refractivity contribution >= 4 is 12.4 Å². The van der Waals surface area contributed by atoms with Crippen molar-refractivity contribution in [3.63, 3.8) is 0 Å². The van der Waals surface area contributed by atoms with Gasteiger partial charge in [-0.2, -0.15) is 0 Å². The second-order valence-corrected chi connectivity index (χ2v) is 2.78. The van der Waals surface area contributed by atoms with Crippen LogP contribution in [0.4, 0.5) is 0 Å². The van der Waals surface area contributed by atoms with Crippen LogP contribution in [0, 0.1) is 5.92 Å². The van der Waals surface area contributed by atoms with Crippen molar-refractivity contribution < 1.29 is 19.8 Å². The molecule has 0 aromatic rings. The third-order valence-electron chi connectivity index (χ3n) is 1.95. The number of carbonyl (C=O) groups is 2. The first-order valence-electron chi connectivity index (χ1n) is 4.03. The van der Waals surface area contributed by atoms with Gasteiger partial charge < -0.3 is 10.2 Å². The summed E-state index contributed by atoms with van der Waals surface area (Å²) >= 11 is 0. The highest BCUT2D eigenvalue weighted by Gasteiger charge is 2.19. The van der Waals surface area contributed by atoms with Gasteiger partial charge in [-0.3, -0.25) is 9.59 Å². The van der Waals surface area contributed by atoms with E-state index in [1.54, 1.807) is 0 Å². The second kappa shape index (κ2) is 6.64. The standard InChI is InChI=1S/C7H12O2.CH2O2/c8-7(9)6-4-2-1-3-5-6;2-1-3/h6H,1-5H2,(H,8,9);1H,(H,2,3). The van der Waals surface area contributed by atoms with Crippen molar-refractivity contribution in [3.05, 3.63) is 0 Å². The van der Waals surface area contributed by atoms with Crippen molar-refractivity contribution in [2.24, 2.45) is 5.92 Å². The van der Waals surface area contributed by atoms with Gasteiger partial charge in [0.25, 0.3) is 6.47 Å². The van der Waals surface area contributed by atoms with E-state index in [9.17, 15) is 4.79 Å². The Labute approximate surface area is 71.2 Å². The van der Waals surface area contributed by atoms with E-state index in [4.69, 9.17) is 15.0 Å². The molecule has 0 unspecified atom stereocenters. The van der Waals surface area contributed by atoms with Gasteiger partial charge in [-0.25, -0.2) is 0 Å². The van der Waals surface area contributed by atoms with Crippen molar-refractivity contribution in [2.75, 3.05) is 0 Å². The van der Waals surface area contributed by atoms with E-state index in [1.807, 2.05) is 0 Å². The summed E-state index contributed by atoms with van der Waals surface area (Å²) in [6, 6.07) is 0. The second-order valence-electron chi connectivity index (χ2n) is 2.78. The maximum absolute atomic E-state index is 10.4. The summed E-state index contributed by atoms with van der Waals surface area (Å²) in [6.07, 6.45) is 5.24. The van der Waals surface area contributed by atoms with Gasteiger partial charge in [0.2, 0.25) is 0 Å². The maximum atomic E-state index is 10.4. The first kappa shape index (κ1) is 10.9. The third kappa shape index (κ3) is 4.71. The molecule has 70 valence electrons. The van der Waals surface area contributed by atoms with Crippen molar-refractivity contribution in [1.29, 1.82) is 0 Å². The van der Waals surface area contributed by atoms with Crippen LogP contribution in [-0.4, -0.2) is 22.7 Å². The lowest BCUT2D eigenvalue weighted by atomic mass is 9.90. The Bertz CT molecular complexity index is 138. The zero-order valence-corrected chi connectivity index (χ0v) is 6.90. The Morgan fingerprint density at radius 3 is 1.92 bits per heavy atom. The number of aliphatic carboxylic acids is 1. The van der Waals surface area contributed by atoms with Gasteiger partial charge in [0.15, 0.2) is 0 Å². The first-order chi connectivity index (χ1) is 5.72. The monoisotopic (exact) mass is 174 g/mol. The smallest absolute Gasteiger partial charge is 0.306 e. The SMILES string of the molecule is O=C(O)C1CCCCC1.O=CO. The third-order valence-corrected chi connectivity index (χ3v) is 1.95. The predicted octanol–water partition coefficient (Wildman–Crippen LogP) is 1.35. The van der Waals surface area contributed by atoms with Gasteiger partial charge >= 0.3 is 5.97 Å². The van der Waals surface area contributed by atoms with E-state index in [2.05, 4.69) is 0 Å². The molecule has 0 radical (unpaired) electrons. The zero-order valence-electron chi connectivity index (χ0n) is 6.90. The van der Waals surface area contributed by atoms with Gasteiger partial charge in [0, 0.05) is 0 Å². The highest BCUT2D eigenvalue weighted by atomic mass is 16.4. The summed E-state index contributed by atoms with van der Waals surface area (Å²) in [4.78, 5) is 18.7. The molecule has 0 saturated heterocycles. The summed E-state index contributed by atoms with van der Waals surface area (Å²) in [5.41, 5.74) is 0. The van der Waals surface area contributed by atoms with Crippen LogP contribution in [0.15, 0.2) is 0 Å². The average Bonchev–Trinajstić information content (AvgIpc) is 2.07. The molecular weight excluding hydrogens is 160 g/mol. The lowest BCUT2D eigenvalue weighted by Crippen LogP contribution is -2.16. The van der Waals surface area contributed by atoms with Crippen molar-refractivity contribution in [1.82, 2.24) is 0 Å². The van der Waals surface area contributed by atoms with Crippen LogP contribution in [0.2, 0.25) is 0 Å². The van der Waals surface area contributed by atoms with E-state index in [1.165, 1.54) is 6.42 Å². The van der Waals surface area contributed by atoms with Crippen LogP contribution >= 0.6 is 0 Å². The number of hydrogen-bond donors (Lipinski definition) is 2. The summed E-state index contributed by atoms with van der Waals surface area (Å²) in [6.45, 7) is -0.250. The largest absolute Gasteiger partial charge is 0.483 e. The minimum atomic E-state index is -0.602. The van der Waals surface area contributed by atoms with Gasteiger partial charge in [0.1, 0.15) is 0 Å². The van der Waals surface area contributed by atoms with Gasteiger partial charge in [-0.05, 0) is 12.8 Å². The normalized spacial score (nSPS) is 17.3. The fraction of sp³-hybridized carbons (Fsp3) is 0.750. The Morgan fingerprint density at radius 2 is 1.67 bits per heavy atom. The minimum Gasteiger partial charge on any atom is -0.483 e. The van der Waals surface area contributed by atoms with Crippen LogP contribution in [0.1, 0.15) is 32.1 Å².